The predicted molar refractivity (Wildman–Crippen MR) is 153 cm³/mol. The number of hydrogen-bond acceptors (Lipinski definition) is 9. The molecule has 0 saturated carbocycles. The van der Waals surface area contributed by atoms with Crippen LogP contribution in [0.1, 0.15) is 36.2 Å². The zero-order chi connectivity index (χ0) is 30.3. The molecule has 42 heavy (non-hydrogen) atoms. The molecule has 2 aromatic rings. The van der Waals surface area contributed by atoms with Gasteiger partial charge in [-0.25, -0.2) is 9.97 Å². The molecule has 4 rings (SSSR count). The molecule has 0 radical (unpaired) electrons. The van der Waals surface area contributed by atoms with Crippen LogP contribution in [0.4, 0.5) is 5.82 Å². The minimum absolute atomic E-state index is 0.0741. The Morgan fingerprint density at radius 1 is 1.02 bits per heavy atom. The molecule has 0 spiro atoms. The van der Waals surface area contributed by atoms with Crippen LogP contribution in [0.15, 0.2) is 36.4 Å². The highest BCUT2D eigenvalue weighted by atomic mass is 31.2. The number of carbonyl (C=O) groups is 3. The van der Waals surface area contributed by atoms with E-state index in [4.69, 9.17) is 5.11 Å². The number of nitrogens with zero attached hydrogens (tertiary/aromatic N) is 5. The van der Waals surface area contributed by atoms with Crippen LogP contribution in [-0.2, 0) is 14.2 Å². The standard InChI is InChI=1S/C27H37N6O8P/c34-20-9-11-33(17-20)23-16-21(28-25(30-23)19-6-2-1-3-7-19)26(37)29-22(18-42(39,40)41)27(38)32-14-12-31(13-15-32)10-5-4-8-24(35)36/h1-3,6-7,16,20,22,34H,4-5,8-15,17-18H2,(H,29,37)(H,35,36)(H2,39,40,41)/t20?,22-/m0/s1. The number of carbonyl (C=O) groups excluding carboxylic acids is 2. The molecule has 0 bridgehead atoms. The van der Waals surface area contributed by atoms with E-state index in [1.807, 2.05) is 11.0 Å². The summed E-state index contributed by atoms with van der Waals surface area (Å²) in [7, 11) is -4.69. The van der Waals surface area contributed by atoms with Crippen molar-refractivity contribution < 1.29 is 38.9 Å². The van der Waals surface area contributed by atoms with Crippen LogP contribution in [0.3, 0.4) is 0 Å². The molecule has 2 atom stereocenters. The number of β-amino-alcohol motifs (C(OH)–C–C–N with tert-alkyl or cyclic N) is 1. The zero-order valence-corrected chi connectivity index (χ0v) is 24.1. The Hall–Kier alpha value is -3.42. The van der Waals surface area contributed by atoms with Crippen molar-refractivity contribution >= 4 is 31.2 Å². The molecule has 1 aromatic heterocycles. The highest BCUT2D eigenvalue weighted by Crippen LogP contribution is 2.35. The minimum atomic E-state index is -4.69. The summed E-state index contributed by atoms with van der Waals surface area (Å²) in [5, 5.41) is 21.3. The molecule has 15 heteroatoms. The van der Waals surface area contributed by atoms with Gasteiger partial charge in [-0.3, -0.25) is 23.8 Å². The number of aromatic nitrogens is 2. The maximum atomic E-state index is 13.4. The molecule has 0 aliphatic carbocycles. The lowest BCUT2D eigenvalue weighted by Crippen LogP contribution is -2.56. The summed E-state index contributed by atoms with van der Waals surface area (Å²) in [5.74, 6) is -1.54. The highest BCUT2D eigenvalue weighted by molar-refractivity contribution is 7.51. The summed E-state index contributed by atoms with van der Waals surface area (Å²) in [6, 6.07) is 8.96. The second-order valence-corrected chi connectivity index (χ2v) is 12.3. The Bertz CT molecular complexity index is 1300. The summed E-state index contributed by atoms with van der Waals surface area (Å²) in [4.78, 5) is 71.4. The molecule has 228 valence electrons. The number of carboxylic acids is 1. The number of piperazine rings is 1. The summed E-state index contributed by atoms with van der Waals surface area (Å²) in [6.07, 6.45) is 0.505. The van der Waals surface area contributed by atoms with Crippen molar-refractivity contribution in [2.75, 3.05) is 56.9 Å². The van der Waals surface area contributed by atoms with Gasteiger partial charge in [0.2, 0.25) is 5.91 Å². The Balaban J connectivity index is 1.48. The predicted octanol–water partition coefficient (Wildman–Crippen LogP) is 0.390. The SMILES string of the molecule is O=C(O)CCCCN1CCN(C(=O)[C@H](CP(=O)(O)O)NC(=O)c2cc(N3CCC(O)C3)nc(-c3ccccc3)n2)CC1. The van der Waals surface area contributed by atoms with Gasteiger partial charge in [-0.2, -0.15) is 0 Å². The van der Waals surface area contributed by atoms with Gasteiger partial charge in [0.15, 0.2) is 5.82 Å². The van der Waals surface area contributed by atoms with Crippen LogP contribution < -0.4 is 10.2 Å². The van der Waals surface area contributed by atoms with Gasteiger partial charge >= 0.3 is 13.6 Å². The number of aliphatic carboxylic acids is 1. The van der Waals surface area contributed by atoms with Crippen LogP contribution in [-0.4, -0.2) is 122 Å². The van der Waals surface area contributed by atoms with Gasteiger partial charge in [0.05, 0.1) is 12.3 Å². The van der Waals surface area contributed by atoms with Crippen molar-refractivity contribution in [2.45, 2.75) is 37.8 Å². The summed E-state index contributed by atoms with van der Waals surface area (Å²) < 4.78 is 12.0. The molecule has 2 fully saturated rings. The van der Waals surface area contributed by atoms with E-state index >= 15 is 0 Å². The molecular weight excluding hydrogens is 567 g/mol. The van der Waals surface area contributed by atoms with Crippen molar-refractivity contribution in [2.24, 2.45) is 0 Å². The van der Waals surface area contributed by atoms with Crippen molar-refractivity contribution in [3.05, 3.63) is 42.1 Å². The van der Waals surface area contributed by atoms with E-state index in [-0.39, 0.29) is 17.9 Å². The third-order valence-electron chi connectivity index (χ3n) is 7.29. The van der Waals surface area contributed by atoms with Gasteiger partial charge in [0.25, 0.3) is 5.91 Å². The maximum Gasteiger partial charge on any atom is 0.328 e. The molecule has 2 amide bonds. The number of benzene rings is 1. The second-order valence-electron chi connectivity index (χ2n) is 10.6. The van der Waals surface area contributed by atoms with Crippen molar-refractivity contribution in [3.63, 3.8) is 0 Å². The van der Waals surface area contributed by atoms with E-state index in [9.17, 15) is 33.8 Å². The van der Waals surface area contributed by atoms with E-state index in [1.165, 1.54) is 11.0 Å². The van der Waals surface area contributed by atoms with Crippen LogP contribution in [0.5, 0.6) is 0 Å². The molecule has 1 unspecified atom stereocenters. The number of anilines is 1. The van der Waals surface area contributed by atoms with Gasteiger partial charge in [0.1, 0.15) is 17.6 Å². The Morgan fingerprint density at radius 3 is 2.36 bits per heavy atom. The lowest BCUT2D eigenvalue weighted by molar-refractivity contribution is -0.137. The zero-order valence-electron chi connectivity index (χ0n) is 23.2. The fraction of sp³-hybridized carbons (Fsp3) is 0.519. The van der Waals surface area contributed by atoms with E-state index in [2.05, 4.69) is 20.2 Å². The summed E-state index contributed by atoms with van der Waals surface area (Å²) in [5.41, 5.74) is 0.576. The summed E-state index contributed by atoms with van der Waals surface area (Å²) >= 11 is 0. The van der Waals surface area contributed by atoms with E-state index in [0.29, 0.717) is 76.5 Å². The van der Waals surface area contributed by atoms with Crippen molar-refractivity contribution in [3.8, 4) is 11.4 Å². The average molecular weight is 605 g/mol. The van der Waals surface area contributed by atoms with Crippen LogP contribution in [0.2, 0.25) is 0 Å². The number of unbranched alkanes of at least 4 members (excludes halogenated alkanes) is 1. The molecule has 2 aliphatic heterocycles. The molecule has 5 N–H and O–H groups in total. The number of aliphatic hydroxyl groups is 1. The van der Waals surface area contributed by atoms with Gasteiger partial charge in [-0.1, -0.05) is 30.3 Å². The molecular formula is C27H37N6O8P. The van der Waals surface area contributed by atoms with Crippen LogP contribution >= 0.6 is 7.60 Å². The quantitative estimate of drug-likeness (QED) is 0.165. The molecule has 1 aromatic carbocycles. The van der Waals surface area contributed by atoms with Gasteiger partial charge in [-0.05, 0) is 25.8 Å². The summed E-state index contributed by atoms with van der Waals surface area (Å²) in [6.45, 7) is 3.19. The first kappa shape index (κ1) is 31.5. The molecule has 14 nitrogen and oxygen atoms in total. The van der Waals surface area contributed by atoms with Crippen LogP contribution in [0, 0.1) is 0 Å². The normalized spacial score (nSPS) is 18.6. The first-order chi connectivity index (χ1) is 20.0. The third-order valence-corrected chi connectivity index (χ3v) is 8.13. The highest BCUT2D eigenvalue weighted by Gasteiger charge is 2.34. The molecule has 2 aliphatic rings. The van der Waals surface area contributed by atoms with E-state index in [1.54, 1.807) is 24.3 Å². The Kier molecular flexibility index (Phi) is 10.6. The van der Waals surface area contributed by atoms with Crippen LogP contribution in [0.25, 0.3) is 11.4 Å². The number of hydrogen-bond donors (Lipinski definition) is 5. The number of rotatable bonds is 12. The average Bonchev–Trinajstić information content (AvgIpc) is 3.40. The van der Waals surface area contributed by atoms with Crippen molar-refractivity contribution in [1.82, 2.24) is 25.1 Å². The first-order valence-electron chi connectivity index (χ1n) is 13.9. The Labute approximate surface area is 243 Å². The fourth-order valence-electron chi connectivity index (χ4n) is 5.06. The maximum absolute atomic E-state index is 13.4. The van der Waals surface area contributed by atoms with Gasteiger partial charge in [-0.15, -0.1) is 0 Å². The third kappa shape index (κ3) is 9.04. The van der Waals surface area contributed by atoms with Crippen molar-refractivity contribution in [1.29, 1.82) is 0 Å². The molecule has 3 heterocycles. The number of nitrogens with one attached hydrogen (secondary N) is 1. The lowest BCUT2D eigenvalue weighted by Gasteiger charge is -2.36. The monoisotopic (exact) mass is 604 g/mol. The van der Waals surface area contributed by atoms with Gasteiger partial charge in [0, 0.05) is 57.3 Å². The number of amides is 2. The fourth-order valence-corrected chi connectivity index (χ4v) is 5.78. The Morgan fingerprint density at radius 2 is 1.74 bits per heavy atom. The van der Waals surface area contributed by atoms with E-state index in [0.717, 1.165) is 0 Å². The second kappa shape index (κ2) is 14.2. The first-order valence-corrected chi connectivity index (χ1v) is 15.7. The number of carboxylic acid groups (broad SMARTS) is 1. The molecule has 2 saturated heterocycles. The smallest absolute Gasteiger partial charge is 0.328 e. The van der Waals surface area contributed by atoms with E-state index < -0.39 is 43.7 Å². The largest absolute Gasteiger partial charge is 0.481 e. The van der Waals surface area contributed by atoms with Gasteiger partial charge < -0.3 is 35.1 Å². The lowest BCUT2D eigenvalue weighted by atomic mass is 10.2. The number of aliphatic hydroxyl groups excluding tert-OH is 1. The minimum Gasteiger partial charge on any atom is -0.481 e. The topological polar surface area (TPSA) is 197 Å².